The molecule has 1 unspecified atom stereocenters. The van der Waals surface area contributed by atoms with E-state index in [-0.39, 0.29) is 16.7 Å². The highest BCUT2D eigenvalue weighted by Crippen LogP contribution is 2.19. The van der Waals surface area contributed by atoms with Gasteiger partial charge >= 0.3 is 0 Å². The molecule has 1 atom stereocenters. The molecule has 5 heteroatoms. The van der Waals surface area contributed by atoms with Crippen molar-refractivity contribution in [1.29, 1.82) is 0 Å². The Morgan fingerprint density at radius 1 is 1.35 bits per heavy atom. The molecule has 0 spiro atoms. The van der Waals surface area contributed by atoms with E-state index in [4.69, 9.17) is 0 Å². The van der Waals surface area contributed by atoms with E-state index >= 15 is 0 Å². The van der Waals surface area contributed by atoms with E-state index in [1.807, 2.05) is 38.2 Å². The molecule has 1 heterocycles. The van der Waals surface area contributed by atoms with Crippen LogP contribution < -0.4 is 5.32 Å². The first-order chi connectivity index (χ1) is 9.56. The van der Waals surface area contributed by atoms with Crippen molar-refractivity contribution in [2.45, 2.75) is 26.4 Å². The van der Waals surface area contributed by atoms with Gasteiger partial charge in [-0.3, -0.25) is 15.1 Å². The van der Waals surface area contributed by atoms with Gasteiger partial charge in [-0.25, -0.2) is 0 Å². The first-order valence-electron chi connectivity index (χ1n) is 6.45. The predicted octanol–water partition coefficient (Wildman–Crippen LogP) is 3.15. The highest BCUT2D eigenvalue weighted by atomic mass is 16.6. The fourth-order valence-electron chi connectivity index (χ4n) is 1.89. The summed E-state index contributed by atoms with van der Waals surface area (Å²) in [6, 6.07) is 10.7. The Labute approximate surface area is 117 Å². The number of hydrogen-bond acceptors (Lipinski definition) is 4. The maximum Gasteiger partial charge on any atom is 0.269 e. The number of rotatable bonds is 5. The number of nitro groups is 1. The van der Waals surface area contributed by atoms with Gasteiger partial charge in [-0.1, -0.05) is 18.2 Å². The SMILES string of the molecule is Cc1ccc(CNC(C)c2cccc([N+](=O)[O-])c2)nc1. The molecule has 2 rings (SSSR count). The fourth-order valence-corrected chi connectivity index (χ4v) is 1.89. The fraction of sp³-hybridized carbons (Fsp3) is 0.267. The van der Waals surface area contributed by atoms with Gasteiger partial charge < -0.3 is 5.32 Å². The van der Waals surface area contributed by atoms with Gasteiger partial charge in [0.2, 0.25) is 0 Å². The molecule has 0 aliphatic rings. The van der Waals surface area contributed by atoms with E-state index in [0.717, 1.165) is 16.8 Å². The maximum atomic E-state index is 10.8. The Morgan fingerprint density at radius 3 is 2.80 bits per heavy atom. The van der Waals surface area contributed by atoms with Crippen molar-refractivity contribution in [1.82, 2.24) is 10.3 Å². The van der Waals surface area contributed by atoms with Crippen molar-refractivity contribution in [3.8, 4) is 0 Å². The second kappa shape index (κ2) is 6.25. The Balaban J connectivity index is 2.01. The van der Waals surface area contributed by atoms with Gasteiger partial charge in [0.05, 0.1) is 10.6 Å². The average molecular weight is 271 g/mol. The third kappa shape index (κ3) is 3.61. The van der Waals surface area contributed by atoms with Crippen LogP contribution in [-0.2, 0) is 6.54 Å². The first-order valence-corrected chi connectivity index (χ1v) is 6.45. The molecule has 0 aliphatic carbocycles. The highest BCUT2D eigenvalue weighted by Gasteiger charge is 2.10. The Kier molecular flexibility index (Phi) is 4.42. The van der Waals surface area contributed by atoms with E-state index in [9.17, 15) is 10.1 Å². The minimum absolute atomic E-state index is 0.0259. The lowest BCUT2D eigenvalue weighted by atomic mass is 10.1. The van der Waals surface area contributed by atoms with Crippen molar-refractivity contribution < 1.29 is 4.92 Å². The molecule has 0 amide bonds. The molecule has 104 valence electrons. The van der Waals surface area contributed by atoms with Crippen LogP contribution in [0.15, 0.2) is 42.6 Å². The van der Waals surface area contributed by atoms with Crippen molar-refractivity contribution in [2.24, 2.45) is 0 Å². The van der Waals surface area contributed by atoms with Crippen LogP contribution in [0.3, 0.4) is 0 Å². The average Bonchev–Trinajstić information content (AvgIpc) is 2.46. The smallest absolute Gasteiger partial charge is 0.269 e. The van der Waals surface area contributed by atoms with Gasteiger partial charge in [0.25, 0.3) is 5.69 Å². The number of non-ortho nitro benzene ring substituents is 1. The Bertz CT molecular complexity index is 596. The summed E-state index contributed by atoms with van der Waals surface area (Å²) in [7, 11) is 0. The number of nitro benzene ring substituents is 1. The molecule has 5 nitrogen and oxygen atoms in total. The molecule has 0 radical (unpaired) electrons. The van der Waals surface area contributed by atoms with Gasteiger partial charge in [-0.2, -0.15) is 0 Å². The van der Waals surface area contributed by atoms with E-state index in [2.05, 4.69) is 10.3 Å². The predicted molar refractivity (Wildman–Crippen MR) is 77.3 cm³/mol. The van der Waals surface area contributed by atoms with Crippen LogP contribution in [0.5, 0.6) is 0 Å². The molecule has 20 heavy (non-hydrogen) atoms. The molecule has 0 saturated carbocycles. The minimum atomic E-state index is -0.377. The lowest BCUT2D eigenvalue weighted by Gasteiger charge is -2.13. The van der Waals surface area contributed by atoms with Gasteiger partial charge in [0.1, 0.15) is 0 Å². The quantitative estimate of drug-likeness (QED) is 0.670. The molecule has 0 fully saturated rings. The monoisotopic (exact) mass is 271 g/mol. The summed E-state index contributed by atoms with van der Waals surface area (Å²) in [5.74, 6) is 0. The zero-order valence-corrected chi connectivity index (χ0v) is 11.5. The number of aryl methyl sites for hydroxylation is 1. The summed E-state index contributed by atoms with van der Waals surface area (Å²) in [5, 5.41) is 14.1. The Hall–Kier alpha value is -2.27. The molecule has 1 aromatic carbocycles. The number of benzene rings is 1. The zero-order valence-electron chi connectivity index (χ0n) is 11.5. The standard InChI is InChI=1S/C15H17N3O2/c1-11-6-7-14(17-9-11)10-16-12(2)13-4-3-5-15(8-13)18(19)20/h3-9,12,16H,10H2,1-2H3. The van der Waals surface area contributed by atoms with Crippen LogP contribution in [0.2, 0.25) is 0 Å². The molecular formula is C15H17N3O2. The highest BCUT2D eigenvalue weighted by molar-refractivity contribution is 5.35. The van der Waals surface area contributed by atoms with Gasteiger partial charge in [0.15, 0.2) is 0 Å². The summed E-state index contributed by atoms with van der Waals surface area (Å²) >= 11 is 0. The number of nitrogens with one attached hydrogen (secondary N) is 1. The molecule has 0 bridgehead atoms. The number of pyridine rings is 1. The van der Waals surface area contributed by atoms with Crippen molar-refractivity contribution >= 4 is 5.69 Å². The van der Waals surface area contributed by atoms with Gasteiger partial charge in [-0.15, -0.1) is 0 Å². The molecular weight excluding hydrogens is 254 g/mol. The number of hydrogen-bond donors (Lipinski definition) is 1. The topological polar surface area (TPSA) is 68.1 Å². The van der Waals surface area contributed by atoms with Crippen molar-refractivity contribution in [3.05, 3.63) is 69.5 Å². The van der Waals surface area contributed by atoms with E-state index in [1.54, 1.807) is 12.1 Å². The van der Waals surface area contributed by atoms with Crippen LogP contribution in [0.4, 0.5) is 5.69 Å². The number of nitrogens with zero attached hydrogens (tertiary/aromatic N) is 2. The zero-order chi connectivity index (χ0) is 14.5. The summed E-state index contributed by atoms with van der Waals surface area (Å²) in [4.78, 5) is 14.7. The van der Waals surface area contributed by atoms with Gasteiger partial charge in [-0.05, 0) is 31.0 Å². The van der Waals surface area contributed by atoms with Crippen LogP contribution >= 0.6 is 0 Å². The second-order valence-electron chi connectivity index (χ2n) is 4.78. The van der Waals surface area contributed by atoms with E-state index in [1.165, 1.54) is 6.07 Å². The normalized spacial score (nSPS) is 12.1. The van der Waals surface area contributed by atoms with Crippen molar-refractivity contribution in [3.63, 3.8) is 0 Å². The van der Waals surface area contributed by atoms with E-state index in [0.29, 0.717) is 6.54 Å². The second-order valence-corrected chi connectivity index (χ2v) is 4.78. The summed E-state index contributed by atoms with van der Waals surface area (Å²) < 4.78 is 0. The van der Waals surface area contributed by atoms with E-state index < -0.39 is 0 Å². The molecule has 2 aromatic rings. The minimum Gasteiger partial charge on any atom is -0.305 e. The third-order valence-electron chi connectivity index (χ3n) is 3.14. The van der Waals surface area contributed by atoms with Crippen molar-refractivity contribution in [2.75, 3.05) is 0 Å². The van der Waals surface area contributed by atoms with Gasteiger partial charge in [0, 0.05) is 30.9 Å². The summed E-state index contributed by atoms with van der Waals surface area (Å²) in [5.41, 5.74) is 3.09. The molecule has 0 aliphatic heterocycles. The summed E-state index contributed by atoms with van der Waals surface area (Å²) in [6.07, 6.45) is 1.83. The van der Waals surface area contributed by atoms with Crippen LogP contribution in [0, 0.1) is 17.0 Å². The third-order valence-corrected chi connectivity index (χ3v) is 3.14. The molecule has 1 aromatic heterocycles. The maximum absolute atomic E-state index is 10.8. The van der Waals surface area contributed by atoms with Crippen LogP contribution in [0.1, 0.15) is 29.8 Å². The molecule has 0 saturated heterocycles. The first kappa shape index (κ1) is 14.1. The summed E-state index contributed by atoms with van der Waals surface area (Å²) in [6.45, 7) is 4.60. The lowest BCUT2D eigenvalue weighted by Crippen LogP contribution is -2.18. The van der Waals surface area contributed by atoms with Crippen LogP contribution in [-0.4, -0.2) is 9.91 Å². The molecule has 1 N–H and O–H groups in total. The number of aromatic nitrogens is 1. The van der Waals surface area contributed by atoms with Crippen LogP contribution in [0.25, 0.3) is 0 Å². The Morgan fingerprint density at radius 2 is 2.15 bits per heavy atom. The lowest BCUT2D eigenvalue weighted by molar-refractivity contribution is -0.384. The largest absolute Gasteiger partial charge is 0.305 e.